The highest BCUT2D eigenvalue weighted by Crippen LogP contribution is 2.29. The molecule has 0 aliphatic rings. The third-order valence-electron chi connectivity index (χ3n) is 3.51. The third kappa shape index (κ3) is 3.92. The summed E-state index contributed by atoms with van der Waals surface area (Å²) in [4.78, 5) is 3.69. The molecule has 2 rings (SSSR count). The molecule has 108 valence electrons. The number of nitrogens with zero attached hydrogens (tertiary/aromatic N) is 1. The highest BCUT2D eigenvalue weighted by atomic mass is 79.9. The fourth-order valence-electron chi connectivity index (χ4n) is 2.46. The Balaban J connectivity index is 2.17. The standard InChI is InChI=1S/C16H21BrN2S/c1-3-14(18)16(15-8-5-9-20-15)19(2)11-12-6-4-7-13(17)10-12/h4-10,14,16H,3,11,18H2,1-2H3. The number of thiophene rings is 1. The molecule has 2 unspecified atom stereocenters. The second-order valence-electron chi connectivity index (χ2n) is 5.08. The Hall–Kier alpha value is -0.680. The number of halogens is 1. The van der Waals surface area contributed by atoms with E-state index >= 15 is 0 Å². The van der Waals surface area contributed by atoms with Crippen molar-refractivity contribution in [3.63, 3.8) is 0 Å². The van der Waals surface area contributed by atoms with E-state index in [1.165, 1.54) is 10.4 Å². The first kappa shape index (κ1) is 15.7. The molecule has 1 heterocycles. The van der Waals surface area contributed by atoms with E-state index < -0.39 is 0 Å². The summed E-state index contributed by atoms with van der Waals surface area (Å²) < 4.78 is 1.12. The van der Waals surface area contributed by atoms with E-state index in [0.717, 1.165) is 17.4 Å². The maximum absolute atomic E-state index is 6.35. The molecule has 1 aromatic heterocycles. The van der Waals surface area contributed by atoms with E-state index in [1.807, 2.05) is 0 Å². The first-order chi connectivity index (χ1) is 9.61. The lowest BCUT2D eigenvalue weighted by Crippen LogP contribution is -2.38. The normalized spacial score (nSPS) is 14.4. The molecule has 0 aliphatic heterocycles. The van der Waals surface area contributed by atoms with Crippen LogP contribution in [0.2, 0.25) is 0 Å². The number of rotatable bonds is 6. The lowest BCUT2D eigenvalue weighted by molar-refractivity contribution is 0.205. The van der Waals surface area contributed by atoms with Gasteiger partial charge in [-0.1, -0.05) is 41.1 Å². The average Bonchev–Trinajstić information content (AvgIpc) is 2.92. The summed E-state index contributed by atoms with van der Waals surface area (Å²) >= 11 is 5.32. The van der Waals surface area contributed by atoms with E-state index in [-0.39, 0.29) is 12.1 Å². The summed E-state index contributed by atoms with van der Waals surface area (Å²) in [5.74, 6) is 0. The van der Waals surface area contributed by atoms with Crippen LogP contribution in [-0.2, 0) is 6.54 Å². The second kappa shape index (κ2) is 7.36. The van der Waals surface area contributed by atoms with Crippen LogP contribution in [0.3, 0.4) is 0 Å². The van der Waals surface area contributed by atoms with Gasteiger partial charge in [0.15, 0.2) is 0 Å². The van der Waals surface area contributed by atoms with Gasteiger partial charge in [-0.05, 0) is 42.6 Å². The van der Waals surface area contributed by atoms with Gasteiger partial charge < -0.3 is 5.73 Å². The van der Waals surface area contributed by atoms with Gasteiger partial charge in [0.1, 0.15) is 0 Å². The molecule has 20 heavy (non-hydrogen) atoms. The minimum atomic E-state index is 0.158. The Bertz CT molecular complexity index is 527. The smallest absolute Gasteiger partial charge is 0.0593 e. The van der Waals surface area contributed by atoms with Gasteiger partial charge in [0.05, 0.1) is 6.04 Å². The molecule has 4 heteroatoms. The van der Waals surface area contributed by atoms with Crippen LogP contribution in [0.15, 0.2) is 46.3 Å². The van der Waals surface area contributed by atoms with Crippen molar-refractivity contribution < 1.29 is 0 Å². The van der Waals surface area contributed by atoms with Crippen LogP contribution in [0, 0.1) is 0 Å². The number of likely N-dealkylation sites (N-methyl/N-ethyl adjacent to an activating group) is 1. The SMILES string of the molecule is CCC(N)C(c1cccs1)N(C)Cc1cccc(Br)c1. The molecule has 0 saturated heterocycles. The van der Waals surface area contributed by atoms with Crippen LogP contribution in [0.1, 0.15) is 29.8 Å². The Morgan fingerprint density at radius 2 is 2.10 bits per heavy atom. The summed E-state index contributed by atoms with van der Waals surface area (Å²) in [5.41, 5.74) is 7.65. The van der Waals surface area contributed by atoms with E-state index in [0.29, 0.717) is 0 Å². The molecular weight excluding hydrogens is 332 g/mol. The van der Waals surface area contributed by atoms with E-state index in [4.69, 9.17) is 5.73 Å². The predicted octanol–water partition coefficient (Wildman–Crippen LogP) is 4.42. The maximum Gasteiger partial charge on any atom is 0.0593 e. The van der Waals surface area contributed by atoms with Crippen LogP contribution in [0.25, 0.3) is 0 Å². The van der Waals surface area contributed by atoms with Crippen molar-refractivity contribution in [2.75, 3.05) is 7.05 Å². The zero-order valence-corrected chi connectivity index (χ0v) is 14.3. The zero-order valence-electron chi connectivity index (χ0n) is 11.9. The average molecular weight is 353 g/mol. The Morgan fingerprint density at radius 3 is 2.70 bits per heavy atom. The fourth-order valence-corrected chi connectivity index (χ4v) is 3.87. The molecule has 2 atom stereocenters. The minimum Gasteiger partial charge on any atom is -0.326 e. The second-order valence-corrected chi connectivity index (χ2v) is 6.97. The number of benzene rings is 1. The minimum absolute atomic E-state index is 0.158. The molecule has 0 radical (unpaired) electrons. The molecule has 0 fully saturated rings. The van der Waals surface area contributed by atoms with Crippen LogP contribution in [0.4, 0.5) is 0 Å². The van der Waals surface area contributed by atoms with Crippen LogP contribution >= 0.6 is 27.3 Å². The van der Waals surface area contributed by atoms with Gasteiger partial charge >= 0.3 is 0 Å². The monoisotopic (exact) mass is 352 g/mol. The van der Waals surface area contributed by atoms with Crippen molar-refractivity contribution in [2.45, 2.75) is 32.0 Å². The van der Waals surface area contributed by atoms with Gasteiger partial charge in [0.25, 0.3) is 0 Å². The van der Waals surface area contributed by atoms with Crippen molar-refractivity contribution in [1.29, 1.82) is 0 Å². The fraction of sp³-hybridized carbons (Fsp3) is 0.375. The summed E-state index contributed by atoms with van der Waals surface area (Å²) in [6.45, 7) is 3.05. The van der Waals surface area contributed by atoms with Gasteiger partial charge in [-0.3, -0.25) is 4.90 Å². The van der Waals surface area contributed by atoms with E-state index in [9.17, 15) is 0 Å². The van der Waals surface area contributed by atoms with Crippen LogP contribution in [-0.4, -0.2) is 18.0 Å². The quantitative estimate of drug-likeness (QED) is 0.833. The first-order valence-electron chi connectivity index (χ1n) is 6.85. The van der Waals surface area contributed by atoms with E-state index in [2.05, 4.69) is 76.6 Å². The molecule has 0 aliphatic carbocycles. The lowest BCUT2D eigenvalue weighted by Gasteiger charge is -2.31. The van der Waals surface area contributed by atoms with Crippen molar-refractivity contribution in [2.24, 2.45) is 5.73 Å². The first-order valence-corrected chi connectivity index (χ1v) is 8.52. The lowest BCUT2D eigenvalue weighted by atomic mass is 10.0. The Labute approximate surface area is 133 Å². The summed E-state index contributed by atoms with van der Waals surface area (Å²) in [6, 6.07) is 13.2. The number of nitrogens with two attached hydrogens (primary N) is 1. The Kier molecular flexibility index (Phi) is 5.78. The summed E-state index contributed by atoms with van der Waals surface area (Å²) in [6.07, 6.45) is 0.978. The van der Waals surface area contributed by atoms with Crippen molar-refractivity contribution in [1.82, 2.24) is 4.90 Å². The molecule has 1 aromatic carbocycles. The molecule has 2 nitrogen and oxygen atoms in total. The largest absolute Gasteiger partial charge is 0.326 e. The van der Waals surface area contributed by atoms with Crippen molar-refractivity contribution >= 4 is 27.3 Å². The van der Waals surface area contributed by atoms with E-state index in [1.54, 1.807) is 11.3 Å². The van der Waals surface area contributed by atoms with Gasteiger partial charge in [0.2, 0.25) is 0 Å². The molecular formula is C16H21BrN2S. The topological polar surface area (TPSA) is 29.3 Å². The van der Waals surface area contributed by atoms with Gasteiger partial charge in [-0.2, -0.15) is 0 Å². The van der Waals surface area contributed by atoms with Crippen LogP contribution in [0.5, 0.6) is 0 Å². The molecule has 2 N–H and O–H groups in total. The molecule has 0 amide bonds. The number of hydrogen-bond acceptors (Lipinski definition) is 3. The van der Waals surface area contributed by atoms with Gasteiger partial charge in [-0.15, -0.1) is 11.3 Å². The molecule has 0 saturated carbocycles. The van der Waals surface area contributed by atoms with Gasteiger partial charge in [-0.25, -0.2) is 0 Å². The maximum atomic E-state index is 6.35. The molecule has 0 bridgehead atoms. The molecule has 2 aromatic rings. The van der Waals surface area contributed by atoms with Crippen LogP contribution < -0.4 is 5.73 Å². The van der Waals surface area contributed by atoms with Crippen molar-refractivity contribution in [3.8, 4) is 0 Å². The number of hydrogen-bond donors (Lipinski definition) is 1. The third-order valence-corrected chi connectivity index (χ3v) is 4.94. The Morgan fingerprint density at radius 1 is 1.30 bits per heavy atom. The van der Waals surface area contributed by atoms with Crippen molar-refractivity contribution in [3.05, 3.63) is 56.7 Å². The summed E-state index contributed by atoms with van der Waals surface area (Å²) in [7, 11) is 2.15. The summed E-state index contributed by atoms with van der Waals surface area (Å²) in [5, 5.41) is 2.12. The van der Waals surface area contributed by atoms with Gasteiger partial charge in [0, 0.05) is 21.9 Å². The highest BCUT2D eigenvalue weighted by molar-refractivity contribution is 9.10. The highest BCUT2D eigenvalue weighted by Gasteiger charge is 2.24. The zero-order chi connectivity index (χ0) is 14.5. The predicted molar refractivity (Wildman–Crippen MR) is 90.9 cm³/mol. The molecule has 0 spiro atoms.